The summed E-state index contributed by atoms with van der Waals surface area (Å²) in [4.78, 5) is 58.1. The Hall–Kier alpha value is -4.57. The molecule has 0 aliphatic heterocycles. The second kappa shape index (κ2) is 61.7. The normalized spacial score (nSPS) is 15.3. The zero-order valence-electron chi connectivity index (χ0n) is 53.1. The molecule has 0 aromatic rings. The SMILES string of the molecule is CC/C=C\C/C=C\C/C=C\C/C=C\C/C=C\C/C=C\CCC(=O)OCC(COP(=O)(O)OCC(O)COP(=O)(O)OCC(O)COC(=O)CCCCCCC/C=C\C/C=C\C/C=C\C/C=C\C/C=C\CC)OC(=O)CCCCCCC/C=C\CCCC. The fourth-order valence-electron chi connectivity index (χ4n) is 7.66. The van der Waals surface area contributed by atoms with Crippen LogP contribution in [0.5, 0.6) is 0 Å². The van der Waals surface area contributed by atoms with Gasteiger partial charge in [-0.3, -0.25) is 32.5 Å². The highest BCUT2D eigenvalue weighted by Gasteiger charge is 2.29. The molecule has 0 aliphatic carbocycles. The van der Waals surface area contributed by atoms with Gasteiger partial charge in [-0.1, -0.05) is 218 Å². The number of aliphatic hydroxyl groups excluding tert-OH is 2. The summed E-state index contributed by atoms with van der Waals surface area (Å²) in [5.74, 6) is -1.72. The van der Waals surface area contributed by atoms with Gasteiger partial charge < -0.3 is 34.2 Å². The molecular formula is C69H112O16P2. The summed E-state index contributed by atoms with van der Waals surface area (Å²) in [6, 6.07) is 0. The first-order valence-electron chi connectivity index (χ1n) is 32.1. The zero-order chi connectivity index (χ0) is 63.8. The summed E-state index contributed by atoms with van der Waals surface area (Å²) in [5.41, 5.74) is 0. The Balaban J connectivity index is 4.70. The van der Waals surface area contributed by atoms with E-state index in [1.54, 1.807) is 0 Å². The van der Waals surface area contributed by atoms with Crippen molar-refractivity contribution in [2.75, 3.05) is 39.6 Å². The fourth-order valence-corrected chi connectivity index (χ4v) is 9.24. The Morgan fingerprint density at radius 2 is 0.632 bits per heavy atom. The number of rotatable bonds is 59. The smallest absolute Gasteiger partial charge is 0.463 e. The second-order valence-corrected chi connectivity index (χ2v) is 23.7. The minimum absolute atomic E-state index is 0.0386. The van der Waals surface area contributed by atoms with Crippen molar-refractivity contribution in [2.24, 2.45) is 0 Å². The van der Waals surface area contributed by atoms with E-state index in [1.165, 1.54) is 12.8 Å². The lowest BCUT2D eigenvalue weighted by Crippen LogP contribution is -2.30. The van der Waals surface area contributed by atoms with Gasteiger partial charge in [-0.2, -0.15) is 0 Å². The Bertz CT molecular complexity index is 2170. The molecule has 0 aromatic heterocycles. The molecule has 0 spiro atoms. The fraction of sp³-hybridized carbons (Fsp3) is 0.609. The lowest BCUT2D eigenvalue weighted by Gasteiger charge is -2.21. The molecule has 0 aliphatic rings. The first kappa shape index (κ1) is 82.4. The minimum atomic E-state index is -4.94. The van der Waals surface area contributed by atoms with Crippen LogP contribution < -0.4 is 0 Å². The van der Waals surface area contributed by atoms with Crippen LogP contribution in [0.3, 0.4) is 0 Å². The van der Waals surface area contributed by atoms with Crippen LogP contribution in [-0.2, 0) is 55.8 Å². The number of carbonyl (C=O) groups excluding carboxylic acids is 3. The molecule has 0 saturated heterocycles. The molecular weight excluding hydrogens is 1150 g/mol. The van der Waals surface area contributed by atoms with Crippen molar-refractivity contribution in [3.05, 3.63) is 146 Å². The van der Waals surface area contributed by atoms with Crippen LogP contribution >= 0.6 is 15.6 Å². The molecule has 5 atom stereocenters. The van der Waals surface area contributed by atoms with E-state index in [1.807, 2.05) is 18.2 Å². The Morgan fingerprint density at radius 3 is 1.05 bits per heavy atom. The van der Waals surface area contributed by atoms with Crippen molar-refractivity contribution >= 4 is 33.6 Å². The molecule has 0 aromatic carbocycles. The van der Waals surface area contributed by atoms with Crippen molar-refractivity contribution < 1.29 is 75.8 Å². The standard InChI is InChI=1S/C69H112O16P2/c1-4-7-10-13-16-19-22-24-26-28-30-31-33-35-36-38-41-43-46-49-52-55-67(72)79-58-64(70)59-81-86(75,76)82-60-65(71)61-83-87(77,78)84-63-66(85-69(74)57-54-51-48-45-40-21-18-15-12-9-6-3)62-80-68(73)56-53-50-47-44-42-39-37-34-32-29-27-25-23-20-17-14-11-8-5-2/h7-8,10-11,15-20,24-27,30-32,34-36,39,42,47,50,64-66,70-71H,4-6,9,12-14,21-23,28-29,33,37-38,40-41,43-46,48-49,51-63H2,1-3H3,(H,75,76)(H,77,78)/b10-7-,11-8-,18-15-,19-16-,20-17-,26-24-,27-25-,31-30-,34-32-,36-35-,42-39-,50-47-. The highest BCUT2D eigenvalue weighted by Crippen LogP contribution is 2.45. The number of aliphatic hydroxyl groups is 2. The van der Waals surface area contributed by atoms with Crippen LogP contribution in [0.1, 0.15) is 213 Å². The summed E-state index contributed by atoms with van der Waals surface area (Å²) < 4.78 is 60.6. The summed E-state index contributed by atoms with van der Waals surface area (Å²) in [7, 11) is -9.81. The third-order valence-corrected chi connectivity index (χ3v) is 14.4. The van der Waals surface area contributed by atoms with Gasteiger partial charge in [0, 0.05) is 19.3 Å². The van der Waals surface area contributed by atoms with Gasteiger partial charge in [0.25, 0.3) is 0 Å². The lowest BCUT2D eigenvalue weighted by molar-refractivity contribution is -0.161. The highest BCUT2D eigenvalue weighted by atomic mass is 31.2. The first-order chi connectivity index (χ1) is 42.2. The van der Waals surface area contributed by atoms with Gasteiger partial charge >= 0.3 is 33.6 Å². The molecule has 87 heavy (non-hydrogen) atoms. The number of ether oxygens (including phenoxy) is 3. The van der Waals surface area contributed by atoms with Crippen LogP contribution in [0.25, 0.3) is 0 Å². The lowest BCUT2D eigenvalue weighted by atomic mass is 10.1. The Kier molecular flexibility index (Phi) is 58.4. The maximum absolute atomic E-state index is 12.8. The van der Waals surface area contributed by atoms with Gasteiger partial charge in [-0.15, -0.1) is 0 Å². The summed E-state index contributed by atoms with van der Waals surface area (Å²) in [6.07, 6.45) is 72.2. The van der Waals surface area contributed by atoms with E-state index >= 15 is 0 Å². The monoisotopic (exact) mass is 1260 g/mol. The third-order valence-electron chi connectivity index (χ3n) is 12.5. The van der Waals surface area contributed by atoms with Crippen LogP contribution in [-0.4, -0.2) is 95.9 Å². The summed E-state index contributed by atoms with van der Waals surface area (Å²) >= 11 is 0. The van der Waals surface area contributed by atoms with Crippen molar-refractivity contribution in [1.82, 2.24) is 0 Å². The van der Waals surface area contributed by atoms with Crippen molar-refractivity contribution in [2.45, 2.75) is 232 Å². The quantitative estimate of drug-likeness (QED) is 0.0146. The van der Waals surface area contributed by atoms with Crippen LogP contribution in [0.4, 0.5) is 0 Å². The highest BCUT2D eigenvalue weighted by molar-refractivity contribution is 7.47. The molecule has 494 valence electrons. The number of hydrogen-bond acceptors (Lipinski definition) is 14. The molecule has 16 nitrogen and oxygen atoms in total. The number of carbonyl (C=O) groups is 3. The molecule has 0 rings (SSSR count). The van der Waals surface area contributed by atoms with Gasteiger partial charge in [0.05, 0.1) is 26.4 Å². The number of phosphoric ester groups is 2. The molecule has 0 fully saturated rings. The molecule has 18 heteroatoms. The Morgan fingerprint density at radius 1 is 0.333 bits per heavy atom. The number of esters is 3. The van der Waals surface area contributed by atoms with Crippen LogP contribution in [0.15, 0.2) is 146 Å². The van der Waals surface area contributed by atoms with E-state index in [-0.39, 0.29) is 19.3 Å². The van der Waals surface area contributed by atoms with E-state index < -0.39 is 91.5 Å². The van der Waals surface area contributed by atoms with E-state index in [2.05, 4.69) is 148 Å². The number of phosphoric acid groups is 2. The van der Waals surface area contributed by atoms with Crippen molar-refractivity contribution in [3.8, 4) is 0 Å². The van der Waals surface area contributed by atoms with E-state index in [4.69, 9.17) is 32.3 Å². The van der Waals surface area contributed by atoms with E-state index in [0.717, 1.165) is 135 Å². The molecule has 4 N–H and O–H groups in total. The molecule has 0 heterocycles. The minimum Gasteiger partial charge on any atom is -0.463 e. The second-order valence-electron chi connectivity index (χ2n) is 20.8. The molecule has 0 bridgehead atoms. The Labute approximate surface area is 524 Å². The average molecular weight is 1260 g/mol. The average Bonchev–Trinajstić information content (AvgIpc) is 3.53. The topological polar surface area (TPSA) is 231 Å². The van der Waals surface area contributed by atoms with Crippen molar-refractivity contribution in [1.29, 1.82) is 0 Å². The number of allylic oxidation sites excluding steroid dienone is 24. The van der Waals surface area contributed by atoms with Crippen LogP contribution in [0.2, 0.25) is 0 Å². The maximum atomic E-state index is 12.8. The molecule has 5 unspecified atom stereocenters. The summed E-state index contributed by atoms with van der Waals surface area (Å²) in [5, 5.41) is 20.5. The molecule has 0 amide bonds. The van der Waals surface area contributed by atoms with Gasteiger partial charge in [-0.25, -0.2) is 9.13 Å². The molecule has 0 saturated carbocycles. The van der Waals surface area contributed by atoms with Gasteiger partial charge in [0.15, 0.2) is 6.10 Å². The first-order valence-corrected chi connectivity index (χ1v) is 35.1. The number of unbranched alkanes of at least 4 members (excludes halogenated alkanes) is 12. The predicted octanol–water partition coefficient (Wildman–Crippen LogP) is 17.4. The third kappa shape index (κ3) is 62.8. The van der Waals surface area contributed by atoms with Gasteiger partial charge in [-0.05, 0) is 122 Å². The summed E-state index contributed by atoms with van der Waals surface area (Å²) in [6.45, 7) is 2.23. The van der Waals surface area contributed by atoms with Crippen LogP contribution in [0, 0.1) is 0 Å². The largest absolute Gasteiger partial charge is 0.472 e. The van der Waals surface area contributed by atoms with E-state index in [9.17, 15) is 43.5 Å². The van der Waals surface area contributed by atoms with E-state index in [0.29, 0.717) is 25.7 Å². The van der Waals surface area contributed by atoms with Gasteiger partial charge in [0.1, 0.15) is 25.4 Å². The van der Waals surface area contributed by atoms with Crippen molar-refractivity contribution in [3.63, 3.8) is 0 Å². The molecule has 0 radical (unpaired) electrons. The maximum Gasteiger partial charge on any atom is 0.472 e. The zero-order valence-corrected chi connectivity index (χ0v) is 54.9. The van der Waals surface area contributed by atoms with Gasteiger partial charge in [0.2, 0.25) is 0 Å². The number of hydrogen-bond donors (Lipinski definition) is 4. The predicted molar refractivity (Wildman–Crippen MR) is 352 cm³/mol.